The molecule has 1 N–H and O–H groups in total. The molecule has 0 aromatic rings. The van der Waals surface area contributed by atoms with E-state index in [1.807, 2.05) is 0 Å². The average Bonchev–Trinajstić information content (AvgIpc) is 2.38. The highest BCUT2D eigenvalue weighted by atomic mass is 15.2. The third-order valence-corrected chi connectivity index (χ3v) is 3.98. The molecule has 1 aliphatic heterocycles. The van der Waals surface area contributed by atoms with Crippen LogP contribution in [0.2, 0.25) is 0 Å². The second-order valence-corrected chi connectivity index (χ2v) is 5.25. The Morgan fingerprint density at radius 1 is 1.18 bits per heavy atom. The van der Waals surface area contributed by atoms with E-state index < -0.39 is 0 Å². The van der Waals surface area contributed by atoms with Crippen LogP contribution in [0.4, 0.5) is 0 Å². The molecule has 0 unspecified atom stereocenters. The van der Waals surface area contributed by atoms with E-state index in [9.17, 15) is 0 Å². The lowest BCUT2D eigenvalue weighted by molar-refractivity contribution is 0.132. The number of rotatable bonds is 8. The van der Waals surface area contributed by atoms with Crippen molar-refractivity contribution < 1.29 is 0 Å². The van der Waals surface area contributed by atoms with Crippen molar-refractivity contribution in [2.24, 2.45) is 0 Å². The minimum atomic E-state index is 0.811. The Balaban J connectivity index is 2.05. The monoisotopic (exact) mass is 241 g/mol. The van der Waals surface area contributed by atoms with Crippen LogP contribution in [0.25, 0.3) is 0 Å². The molecule has 1 saturated heterocycles. The summed E-state index contributed by atoms with van der Waals surface area (Å²) in [5.41, 5.74) is 0. The topological polar surface area (TPSA) is 18.5 Å². The van der Waals surface area contributed by atoms with Gasteiger partial charge < -0.3 is 15.1 Å². The van der Waals surface area contributed by atoms with Gasteiger partial charge in [-0.25, -0.2) is 0 Å². The zero-order valence-corrected chi connectivity index (χ0v) is 12.0. The molecule has 1 fully saturated rings. The molecule has 1 rings (SSSR count). The lowest BCUT2D eigenvalue weighted by Crippen LogP contribution is -2.45. The maximum absolute atomic E-state index is 3.52. The maximum Gasteiger partial charge on any atom is 0.0117 e. The van der Waals surface area contributed by atoms with Gasteiger partial charge in [-0.05, 0) is 52.5 Å². The van der Waals surface area contributed by atoms with E-state index in [-0.39, 0.29) is 0 Å². The molecule has 0 radical (unpaired) electrons. The van der Waals surface area contributed by atoms with Crippen LogP contribution in [0.3, 0.4) is 0 Å². The van der Waals surface area contributed by atoms with Crippen molar-refractivity contribution in [1.82, 2.24) is 15.1 Å². The molecule has 17 heavy (non-hydrogen) atoms. The normalized spacial score (nSPS) is 19.1. The zero-order chi connectivity index (χ0) is 12.5. The first-order valence-electron chi connectivity index (χ1n) is 7.41. The molecule has 0 aliphatic carbocycles. The largest absolute Gasteiger partial charge is 0.315 e. The van der Waals surface area contributed by atoms with Crippen LogP contribution in [0, 0.1) is 0 Å². The molecule has 0 aromatic heterocycles. The van der Waals surface area contributed by atoms with Crippen molar-refractivity contribution in [2.75, 3.05) is 46.3 Å². The quantitative estimate of drug-likeness (QED) is 0.654. The van der Waals surface area contributed by atoms with Crippen molar-refractivity contribution in [2.45, 2.75) is 45.6 Å². The number of likely N-dealkylation sites (tertiary alicyclic amines) is 1. The fourth-order valence-corrected chi connectivity index (χ4v) is 2.54. The van der Waals surface area contributed by atoms with Crippen LogP contribution in [-0.4, -0.2) is 62.2 Å². The Labute approximate surface area is 108 Å². The third-order valence-electron chi connectivity index (χ3n) is 3.98. The summed E-state index contributed by atoms with van der Waals surface area (Å²) < 4.78 is 0. The minimum Gasteiger partial charge on any atom is -0.315 e. The molecule has 1 heterocycles. The summed E-state index contributed by atoms with van der Waals surface area (Å²) in [5, 5.41) is 3.52. The summed E-state index contributed by atoms with van der Waals surface area (Å²) >= 11 is 0. The van der Waals surface area contributed by atoms with Crippen molar-refractivity contribution >= 4 is 0 Å². The van der Waals surface area contributed by atoms with Crippen LogP contribution in [0.1, 0.15) is 39.5 Å². The summed E-state index contributed by atoms with van der Waals surface area (Å²) in [7, 11) is 2.29. The molecule has 0 atom stereocenters. The third kappa shape index (κ3) is 5.84. The summed E-state index contributed by atoms with van der Waals surface area (Å²) in [6, 6.07) is 0.811. The SMILES string of the molecule is CCCCNCCN(C)C1CCN(CC)CC1. The van der Waals surface area contributed by atoms with Crippen LogP contribution in [-0.2, 0) is 0 Å². The standard InChI is InChI=1S/C14H31N3/c1-4-6-9-15-10-13-16(3)14-7-11-17(5-2)12-8-14/h14-15H,4-13H2,1-3H3. The highest BCUT2D eigenvalue weighted by Gasteiger charge is 2.20. The fourth-order valence-electron chi connectivity index (χ4n) is 2.54. The van der Waals surface area contributed by atoms with E-state index in [0.29, 0.717) is 0 Å². The van der Waals surface area contributed by atoms with Gasteiger partial charge in [-0.1, -0.05) is 20.3 Å². The van der Waals surface area contributed by atoms with Crippen molar-refractivity contribution in [3.8, 4) is 0 Å². The molecule has 3 nitrogen and oxygen atoms in total. The number of nitrogens with one attached hydrogen (secondary N) is 1. The number of hydrogen-bond acceptors (Lipinski definition) is 3. The molecule has 102 valence electrons. The lowest BCUT2D eigenvalue weighted by Gasteiger charge is -2.36. The number of likely N-dealkylation sites (N-methyl/N-ethyl adjacent to an activating group) is 1. The zero-order valence-electron chi connectivity index (χ0n) is 12.0. The predicted octanol–water partition coefficient (Wildman–Crippen LogP) is 1.79. The van der Waals surface area contributed by atoms with Gasteiger partial charge in [0.05, 0.1) is 0 Å². The minimum absolute atomic E-state index is 0.811. The maximum atomic E-state index is 3.52. The first kappa shape index (κ1) is 14.9. The number of unbranched alkanes of at least 4 members (excludes halogenated alkanes) is 1. The molecule has 0 spiro atoms. The van der Waals surface area contributed by atoms with Crippen molar-refractivity contribution in [1.29, 1.82) is 0 Å². The molecule has 0 aromatic carbocycles. The van der Waals surface area contributed by atoms with E-state index in [2.05, 4.69) is 36.0 Å². The van der Waals surface area contributed by atoms with Gasteiger partial charge in [0.25, 0.3) is 0 Å². The average molecular weight is 241 g/mol. The molecular weight excluding hydrogens is 210 g/mol. The smallest absolute Gasteiger partial charge is 0.0117 e. The Hall–Kier alpha value is -0.120. The fraction of sp³-hybridized carbons (Fsp3) is 1.00. The van der Waals surface area contributed by atoms with Crippen LogP contribution < -0.4 is 5.32 Å². The number of piperidine rings is 1. The van der Waals surface area contributed by atoms with Crippen LogP contribution in [0.5, 0.6) is 0 Å². The highest BCUT2D eigenvalue weighted by Crippen LogP contribution is 2.14. The number of hydrogen-bond donors (Lipinski definition) is 1. The van der Waals surface area contributed by atoms with E-state index in [0.717, 1.165) is 12.6 Å². The van der Waals surface area contributed by atoms with Gasteiger partial charge in [0, 0.05) is 19.1 Å². The van der Waals surface area contributed by atoms with Crippen molar-refractivity contribution in [3.63, 3.8) is 0 Å². The van der Waals surface area contributed by atoms with Gasteiger partial charge >= 0.3 is 0 Å². The molecule has 3 heteroatoms. The van der Waals surface area contributed by atoms with Crippen LogP contribution >= 0.6 is 0 Å². The summed E-state index contributed by atoms with van der Waals surface area (Å²) in [6.07, 6.45) is 5.29. The second-order valence-electron chi connectivity index (χ2n) is 5.25. The highest BCUT2D eigenvalue weighted by molar-refractivity contribution is 4.77. The molecule has 0 saturated carbocycles. The Morgan fingerprint density at radius 3 is 2.47 bits per heavy atom. The van der Waals surface area contributed by atoms with Gasteiger partial charge in [0.2, 0.25) is 0 Å². The van der Waals surface area contributed by atoms with Gasteiger partial charge in [-0.15, -0.1) is 0 Å². The summed E-state index contributed by atoms with van der Waals surface area (Å²) in [6.45, 7) is 11.8. The van der Waals surface area contributed by atoms with Gasteiger partial charge in [-0.2, -0.15) is 0 Å². The molecule has 0 amide bonds. The van der Waals surface area contributed by atoms with E-state index in [1.54, 1.807) is 0 Å². The second kappa shape index (κ2) is 8.90. The summed E-state index contributed by atoms with van der Waals surface area (Å²) in [4.78, 5) is 5.11. The lowest BCUT2D eigenvalue weighted by atomic mass is 10.0. The van der Waals surface area contributed by atoms with E-state index >= 15 is 0 Å². The first-order valence-corrected chi connectivity index (χ1v) is 7.41. The molecule has 1 aliphatic rings. The van der Waals surface area contributed by atoms with Gasteiger partial charge in [0.1, 0.15) is 0 Å². The first-order chi connectivity index (χ1) is 8.27. The van der Waals surface area contributed by atoms with Crippen molar-refractivity contribution in [3.05, 3.63) is 0 Å². The van der Waals surface area contributed by atoms with E-state index in [4.69, 9.17) is 0 Å². The predicted molar refractivity (Wildman–Crippen MR) is 75.5 cm³/mol. The number of nitrogens with zero attached hydrogens (tertiary/aromatic N) is 2. The molecular formula is C14H31N3. The van der Waals surface area contributed by atoms with E-state index in [1.165, 1.54) is 58.4 Å². The van der Waals surface area contributed by atoms with Gasteiger partial charge in [0.15, 0.2) is 0 Å². The molecule has 0 bridgehead atoms. The summed E-state index contributed by atoms with van der Waals surface area (Å²) in [5.74, 6) is 0. The van der Waals surface area contributed by atoms with Crippen LogP contribution in [0.15, 0.2) is 0 Å². The van der Waals surface area contributed by atoms with Gasteiger partial charge in [-0.3, -0.25) is 0 Å². The Morgan fingerprint density at radius 2 is 1.88 bits per heavy atom. The Kier molecular flexibility index (Phi) is 7.82. The Bertz CT molecular complexity index is 176.